The van der Waals surface area contributed by atoms with E-state index in [-0.39, 0.29) is 47.6 Å². The zero-order chi connectivity index (χ0) is 29.2. The van der Waals surface area contributed by atoms with Crippen LogP contribution < -0.4 is 0 Å². The van der Waals surface area contributed by atoms with Gasteiger partial charge >= 0.3 is 32.7 Å². The van der Waals surface area contributed by atoms with Gasteiger partial charge in [0.2, 0.25) is 0 Å². The Morgan fingerprint density at radius 3 is 1.17 bits per heavy atom. The van der Waals surface area contributed by atoms with Gasteiger partial charge in [0.25, 0.3) is 0 Å². The predicted octanol–water partition coefficient (Wildman–Crippen LogP) is 12.6. The van der Waals surface area contributed by atoms with Gasteiger partial charge in [-0.2, -0.15) is 0 Å². The Labute approximate surface area is 289 Å². The molecule has 0 bridgehead atoms. The molecular formula is C41H63Y. The molecule has 0 amide bonds. The van der Waals surface area contributed by atoms with Crippen LogP contribution >= 0.6 is 0 Å². The van der Waals surface area contributed by atoms with E-state index in [9.17, 15) is 0 Å². The molecule has 1 heteroatoms. The molecule has 2 aromatic carbocycles. The minimum Gasteiger partial charge on any atom is -0.358 e. The van der Waals surface area contributed by atoms with E-state index in [4.69, 9.17) is 0 Å². The molecule has 230 valence electrons. The van der Waals surface area contributed by atoms with Crippen LogP contribution in [0.4, 0.5) is 0 Å². The quantitative estimate of drug-likeness (QED) is 0.292. The molecule has 2 aromatic rings. The summed E-state index contributed by atoms with van der Waals surface area (Å²) < 4.78 is 0. The Bertz CT molecular complexity index is 1000. The van der Waals surface area contributed by atoms with Crippen molar-refractivity contribution in [3.05, 3.63) is 139 Å². The summed E-state index contributed by atoms with van der Waals surface area (Å²) >= 11 is 0. The van der Waals surface area contributed by atoms with Crippen molar-refractivity contribution in [2.45, 2.75) is 108 Å². The molecule has 0 aromatic heterocycles. The predicted molar refractivity (Wildman–Crippen MR) is 190 cm³/mol. The SMILES string of the molecule is CC.CC.CC1=CC=C(C(C)C(C)C)C1.C[CH-]C1=CC=C(C)C1.[CH3-].[CH3-].[Y+3].c1ccc2c(c1)CCc1ccccc1CC2. The normalized spacial score (nSPS) is 14.5. The Hall–Kier alpha value is -1.63. The van der Waals surface area contributed by atoms with Crippen molar-refractivity contribution in [3.63, 3.8) is 0 Å². The molecule has 0 N–H and O–H groups in total. The first-order chi connectivity index (χ1) is 18.9. The molecule has 0 spiro atoms. The van der Waals surface area contributed by atoms with Gasteiger partial charge in [-0.1, -0.05) is 126 Å². The molecule has 0 radical (unpaired) electrons. The van der Waals surface area contributed by atoms with E-state index in [1.807, 2.05) is 27.7 Å². The second-order valence-corrected chi connectivity index (χ2v) is 10.7. The Kier molecular flexibility index (Phi) is 27.6. The summed E-state index contributed by atoms with van der Waals surface area (Å²) in [6, 6.07) is 17.8. The van der Waals surface area contributed by atoms with Crippen LogP contribution in [0, 0.1) is 33.1 Å². The zero-order valence-corrected chi connectivity index (χ0v) is 32.3. The van der Waals surface area contributed by atoms with Gasteiger partial charge in [0.15, 0.2) is 0 Å². The third kappa shape index (κ3) is 15.7. The fourth-order valence-electron chi connectivity index (χ4n) is 4.95. The molecule has 1 atom stereocenters. The molecule has 3 aliphatic carbocycles. The summed E-state index contributed by atoms with van der Waals surface area (Å²) in [4.78, 5) is 0. The smallest absolute Gasteiger partial charge is 0.358 e. The van der Waals surface area contributed by atoms with Crippen LogP contribution in [0.2, 0.25) is 0 Å². The molecule has 5 rings (SSSR count). The van der Waals surface area contributed by atoms with Gasteiger partial charge in [-0.3, -0.25) is 0 Å². The zero-order valence-electron chi connectivity index (χ0n) is 29.5. The minimum atomic E-state index is 0. The fraction of sp³-hybridized carbons (Fsp3) is 0.439. The van der Waals surface area contributed by atoms with Crippen molar-refractivity contribution in [1.82, 2.24) is 0 Å². The van der Waals surface area contributed by atoms with E-state index in [0.717, 1.165) is 18.3 Å². The van der Waals surface area contributed by atoms with Crippen LogP contribution in [-0.4, -0.2) is 0 Å². The first kappa shape index (κ1) is 44.8. The Balaban J connectivity index is -0.000000520. The first-order valence-electron chi connectivity index (χ1n) is 15.5. The number of fused-ring (bicyclic) bond motifs is 2. The fourth-order valence-corrected chi connectivity index (χ4v) is 4.95. The molecule has 0 saturated carbocycles. The third-order valence-corrected chi connectivity index (χ3v) is 7.65. The van der Waals surface area contributed by atoms with Crippen molar-refractivity contribution in [2.24, 2.45) is 11.8 Å². The standard InChI is InChI=1S/C16H16.C11H18.C8H11.2C2H6.2CH3.Y/c1-2-6-14-11-12-16-8-4-3-7-15(16)10-9-13(14)5-1;1-8(2)10(4)11-6-5-9(3)7-11;1-3-8-5-4-7(2)6-8;2*1-2;;;/h1-8H,9-12H2;5-6,8,10H,7H2,1-4H3;3-5H,6H2,1-2H3;2*1-2H3;2*1H3;/q;;-1;;;2*-1;+3. The van der Waals surface area contributed by atoms with Crippen LogP contribution in [0.15, 0.2) is 95.1 Å². The van der Waals surface area contributed by atoms with Gasteiger partial charge in [0, 0.05) is 0 Å². The molecule has 0 aliphatic heterocycles. The molecule has 42 heavy (non-hydrogen) atoms. The van der Waals surface area contributed by atoms with E-state index in [1.54, 1.807) is 5.57 Å². The molecule has 0 heterocycles. The van der Waals surface area contributed by atoms with Crippen molar-refractivity contribution < 1.29 is 32.7 Å². The maximum atomic E-state index is 2.32. The van der Waals surface area contributed by atoms with Crippen LogP contribution in [-0.2, 0) is 58.4 Å². The first-order valence-corrected chi connectivity index (χ1v) is 15.5. The summed E-state index contributed by atoms with van der Waals surface area (Å²) in [5.41, 5.74) is 12.2. The molecular weight excluding hydrogens is 581 g/mol. The van der Waals surface area contributed by atoms with Gasteiger partial charge in [-0.05, 0) is 86.5 Å². The van der Waals surface area contributed by atoms with Crippen LogP contribution in [0.5, 0.6) is 0 Å². The monoisotopic (exact) mass is 644 g/mol. The molecule has 1 unspecified atom stereocenters. The summed E-state index contributed by atoms with van der Waals surface area (Å²) in [5, 5.41) is 0. The minimum absolute atomic E-state index is 0. The summed E-state index contributed by atoms with van der Waals surface area (Å²) in [6.45, 7) is 21.4. The Morgan fingerprint density at radius 1 is 0.571 bits per heavy atom. The van der Waals surface area contributed by atoms with Gasteiger partial charge in [0.05, 0.1) is 0 Å². The van der Waals surface area contributed by atoms with Gasteiger partial charge in [0.1, 0.15) is 0 Å². The Morgan fingerprint density at radius 2 is 0.929 bits per heavy atom. The summed E-state index contributed by atoms with van der Waals surface area (Å²) in [5.74, 6) is 1.53. The van der Waals surface area contributed by atoms with Crippen LogP contribution in [0.1, 0.15) is 104 Å². The maximum absolute atomic E-state index is 2.32. The second-order valence-electron chi connectivity index (χ2n) is 10.7. The van der Waals surface area contributed by atoms with Crippen LogP contribution in [0.3, 0.4) is 0 Å². The summed E-state index contributed by atoms with van der Waals surface area (Å²) in [7, 11) is 0. The van der Waals surface area contributed by atoms with Crippen LogP contribution in [0.25, 0.3) is 0 Å². The van der Waals surface area contributed by atoms with E-state index in [1.165, 1.54) is 71.1 Å². The number of benzene rings is 2. The summed E-state index contributed by atoms with van der Waals surface area (Å²) in [6.07, 6.45) is 18.2. The average Bonchev–Trinajstić information content (AvgIpc) is 3.60. The number of hydrogen-bond acceptors (Lipinski definition) is 0. The number of rotatable bonds is 3. The van der Waals surface area contributed by atoms with Gasteiger partial charge in [-0.25, -0.2) is 18.1 Å². The second kappa shape index (κ2) is 25.8. The topological polar surface area (TPSA) is 0 Å². The van der Waals surface area contributed by atoms with E-state index < -0.39 is 0 Å². The van der Waals surface area contributed by atoms with E-state index >= 15 is 0 Å². The number of aryl methyl sites for hydroxylation is 4. The molecule has 0 saturated heterocycles. The van der Waals surface area contributed by atoms with Gasteiger partial charge < -0.3 is 14.9 Å². The maximum Gasteiger partial charge on any atom is 3.00 e. The van der Waals surface area contributed by atoms with Crippen molar-refractivity contribution in [3.8, 4) is 0 Å². The molecule has 3 aliphatic rings. The van der Waals surface area contributed by atoms with E-state index in [2.05, 4.69) is 121 Å². The van der Waals surface area contributed by atoms with Gasteiger partial charge in [-0.15, -0.1) is 13.0 Å². The van der Waals surface area contributed by atoms with Crippen molar-refractivity contribution in [1.29, 1.82) is 0 Å². The molecule has 0 nitrogen and oxygen atoms in total. The largest absolute Gasteiger partial charge is 3.00 e. The van der Waals surface area contributed by atoms with E-state index in [0.29, 0.717) is 0 Å². The number of allylic oxidation sites excluding steroid dienone is 8. The van der Waals surface area contributed by atoms with Crippen molar-refractivity contribution in [2.75, 3.05) is 0 Å². The molecule has 0 fully saturated rings. The third-order valence-electron chi connectivity index (χ3n) is 7.65. The van der Waals surface area contributed by atoms with Crippen molar-refractivity contribution >= 4 is 0 Å². The average molecular weight is 645 g/mol. The number of hydrogen-bond donors (Lipinski definition) is 0.